The molecule has 0 saturated carbocycles. The van der Waals surface area contributed by atoms with Gasteiger partial charge in [-0.1, -0.05) is 77.2 Å². The van der Waals surface area contributed by atoms with Crippen LogP contribution in [-0.2, 0) is 6.42 Å². The van der Waals surface area contributed by atoms with Crippen LogP contribution >= 0.6 is 0 Å². The van der Waals surface area contributed by atoms with Gasteiger partial charge in [0, 0.05) is 12.4 Å². The summed E-state index contributed by atoms with van der Waals surface area (Å²) in [6, 6.07) is 4.22. The second-order valence-corrected chi connectivity index (χ2v) is 5.65. The molecule has 0 unspecified atom stereocenters. The zero-order valence-electron chi connectivity index (χ0n) is 13.1. The van der Waals surface area contributed by atoms with E-state index < -0.39 is 0 Å². The molecular formula is C18H31BrN-. The Kier molecular flexibility index (Phi) is 14.7. The van der Waals surface area contributed by atoms with Crippen molar-refractivity contribution in [2.24, 2.45) is 0 Å². The average molecular weight is 341 g/mol. The SMILES string of the molecule is CCCCCCCCCCCCCc1cccnc1.[Br-]. The highest BCUT2D eigenvalue weighted by Gasteiger charge is 1.94. The normalized spacial score (nSPS) is 10.2. The number of halogens is 1. The molecule has 0 aliphatic carbocycles. The maximum atomic E-state index is 4.15. The lowest BCUT2D eigenvalue weighted by Gasteiger charge is -2.03. The van der Waals surface area contributed by atoms with Crippen molar-refractivity contribution >= 4 is 0 Å². The highest BCUT2D eigenvalue weighted by atomic mass is 79.9. The van der Waals surface area contributed by atoms with Crippen LogP contribution in [0.25, 0.3) is 0 Å². The molecule has 1 aromatic heterocycles. The molecule has 116 valence electrons. The van der Waals surface area contributed by atoms with E-state index in [1.165, 1.54) is 82.6 Å². The van der Waals surface area contributed by atoms with Crippen LogP contribution < -0.4 is 17.0 Å². The van der Waals surface area contributed by atoms with Gasteiger partial charge in [0.05, 0.1) is 0 Å². The van der Waals surface area contributed by atoms with Crippen LogP contribution in [0.2, 0.25) is 0 Å². The van der Waals surface area contributed by atoms with Crippen LogP contribution in [0, 0.1) is 0 Å². The molecule has 1 heterocycles. The molecule has 1 nitrogen and oxygen atoms in total. The number of hydrogen-bond donors (Lipinski definition) is 0. The first-order chi connectivity index (χ1) is 9.43. The number of nitrogens with zero attached hydrogens (tertiary/aromatic N) is 1. The lowest BCUT2D eigenvalue weighted by Crippen LogP contribution is -3.00. The monoisotopic (exact) mass is 340 g/mol. The number of aryl methyl sites for hydroxylation is 1. The summed E-state index contributed by atoms with van der Waals surface area (Å²) in [6.45, 7) is 2.28. The minimum Gasteiger partial charge on any atom is -1.00 e. The standard InChI is InChI=1S/C18H31N.BrH/c1-2-3-4-5-6-7-8-9-10-11-12-14-18-15-13-16-19-17-18;/h13,15-17H,2-12,14H2,1H3;1H/p-1. The first kappa shape index (κ1) is 19.6. The minimum atomic E-state index is 0. The van der Waals surface area contributed by atoms with Crippen molar-refractivity contribution in [1.82, 2.24) is 4.98 Å². The summed E-state index contributed by atoms with van der Waals surface area (Å²) < 4.78 is 0. The topological polar surface area (TPSA) is 12.9 Å². The van der Waals surface area contributed by atoms with Gasteiger partial charge in [-0.3, -0.25) is 4.98 Å². The Morgan fingerprint density at radius 1 is 0.800 bits per heavy atom. The molecule has 0 aliphatic rings. The van der Waals surface area contributed by atoms with E-state index in [9.17, 15) is 0 Å². The number of aromatic nitrogens is 1. The van der Waals surface area contributed by atoms with E-state index >= 15 is 0 Å². The van der Waals surface area contributed by atoms with Crippen LogP contribution in [0.1, 0.15) is 83.1 Å². The van der Waals surface area contributed by atoms with Crippen molar-refractivity contribution in [2.75, 3.05) is 0 Å². The van der Waals surface area contributed by atoms with Crippen molar-refractivity contribution in [3.63, 3.8) is 0 Å². The molecular weight excluding hydrogens is 310 g/mol. The minimum absolute atomic E-state index is 0. The van der Waals surface area contributed by atoms with Crippen molar-refractivity contribution in [1.29, 1.82) is 0 Å². The summed E-state index contributed by atoms with van der Waals surface area (Å²) in [5, 5.41) is 0. The van der Waals surface area contributed by atoms with Crippen molar-refractivity contribution in [3.8, 4) is 0 Å². The molecule has 0 atom stereocenters. The highest BCUT2D eigenvalue weighted by Crippen LogP contribution is 2.12. The summed E-state index contributed by atoms with van der Waals surface area (Å²) in [4.78, 5) is 4.15. The molecule has 0 aromatic carbocycles. The van der Waals surface area contributed by atoms with E-state index in [0.29, 0.717) is 0 Å². The molecule has 0 aliphatic heterocycles. The molecule has 0 radical (unpaired) electrons. The first-order valence-electron chi connectivity index (χ1n) is 8.32. The second kappa shape index (κ2) is 15.0. The van der Waals surface area contributed by atoms with E-state index in [0.717, 1.165) is 0 Å². The van der Waals surface area contributed by atoms with Gasteiger partial charge in [-0.2, -0.15) is 0 Å². The number of pyridine rings is 1. The van der Waals surface area contributed by atoms with E-state index in [4.69, 9.17) is 0 Å². The largest absolute Gasteiger partial charge is 1.00 e. The van der Waals surface area contributed by atoms with Gasteiger partial charge < -0.3 is 17.0 Å². The van der Waals surface area contributed by atoms with Crippen LogP contribution in [0.5, 0.6) is 0 Å². The Morgan fingerprint density at radius 3 is 1.85 bits per heavy atom. The van der Waals surface area contributed by atoms with E-state index in [1.807, 2.05) is 18.5 Å². The fraction of sp³-hybridized carbons (Fsp3) is 0.722. The molecule has 0 N–H and O–H groups in total. The maximum Gasteiger partial charge on any atom is 0.0299 e. The summed E-state index contributed by atoms with van der Waals surface area (Å²) in [7, 11) is 0. The lowest BCUT2D eigenvalue weighted by atomic mass is 10.0. The molecule has 0 spiro atoms. The predicted molar refractivity (Wildman–Crippen MR) is 84.4 cm³/mol. The fourth-order valence-electron chi connectivity index (χ4n) is 2.54. The quantitative estimate of drug-likeness (QED) is 0.533. The Balaban J connectivity index is 0.00000361. The van der Waals surface area contributed by atoms with E-state index in [-0.39, 0.29) is 17.0 Å². The molecule has 0 amide bonds. The van der Waals surface area contributed by atoms with Gasteiger partial charge in [-0.15, -0.1) is 0 Å². The van der Waals surface area contributed by atoms with Gasteiger partial charge >= 0.3 is 0 Å². The van der Waals surface area contributed by atoms with Gasteiger partial charge in [0.2, 0.25) is 0 Å². The van der Waals surface area contributed by atoms with Crippen LogP contribution in [0.4, 0.5) is 0 Å². The number of unbranched alkanes of at least 4 members (excludes halogenated alkanes) is 10. The Hall–Kier alpha value is -0.370. The van der Waals surface area contributed by atoms with Crippen LogP contribution in [-0.4, -0.2) is 4.98 Å². The smallest absolute Gasteiger partial charge is 0.0299 e. The summed E-state index contributed by atoms with van der Waals surface area (Å²) in [5.74, 6) is 0. The highest BCUT2D eigenvalue weighted by molar-refractivity contribution is 5.08. The fourth-order valence-corrected chi connectivity index (χ4v) is 2.54. The summed E-state index contributed by atoms with van der Waals surface area (Å²) >= 11 is 0. The van der Waals surface area contributed by atoms with Crippen molar-refractivity contribution in [3.05, 3.63) is 30.1 Å². The molecule has 1 aromatic rings. The van der Waals surface area contributed by atoms with Gasteiger partial charge in [0.15, 0.2) is 0 Å². The average Bonchev–Trinajstić information content (AvgIpc) is 2.46. The maximum absolute atomic E-state index is 4.15. The third-order valence-electron chi connectivity index (χ3n) is 3.79. The molecule has 20 heavy (non-hydrogen) atoms. The lowest BCUT2D eigenvalue weighted by molar-refractivity contribution is -0.00000420. The number of hydrogen-bond acceptors (Lipinski definition) is 1. The molecule has 2 heteroatoms. The van der Waals surface area contributed by atoms with Crippen molar-refractivity contribution in [2.45, 2.75) is 84.0 Å². The van der Waals surface area contributed by atoms with E-state index in [1.54, 1.807) is 0 Å². The second-order valence-electron chi connectivity index (χ2n) is 5.65. The van der Waals surface area contributed by atoms with Gasteiger partial charge in [0.1, 0.15) is 0 Å². The number of rotatable bonds is 12. The molecule has 0 fully saturated rings. The predicted octanol–water partition coefficient (Wildman–Crippen LogP) is 2.94. The molecule has 1 rings (SSSR count). The first-order valence-corrected chi connectivity index (χ1v) is 8.32. The molecule has 0 bridgehead atoms. The zero-order chi connectivity index (χ0) is 13.6. The van der Waals surface area contributed by atoms with E-state index in [2.05, 4.69) is 18.0 Å². The zero-order valence-corrected chi connectivity index (χ0v) is 14.7. The van der Waals surface area contributed by atoms with Gasteiger partial charge in [-0.05, 0) is 24.5 Å². The summed E-state index contributed by atoms with van der Waals surface area (Å²) in [5.41, 5.74) is 1.39. The third kappa shape index (κ3) is 11.5. The van der Waals surface area contributed by atoms with Crippen LogP contribution in [0.15, 0.2) is 24.5 Å². The molecule has 0 saturated heterocycles. The third-order valence-corrected chi connectivity index (χ3v) is 3.79. The Bertz CT molecular complexity index is 287. The van der Waals surface area contributed by atoms with Crippen molar-refractivity contribution < 1.29 is 17.0 Å². The summed E-state index contributed by atoms with van der Waals surface area (Å²) in [6.07, 6.45) is 20.6. The Labute approximate surface area is 136 Å². The van der Waals surface area contributed by atoms with Gasteiger partial charge in [-0.25, -0.2) is 0 Å². The Morgan fingerprint density at radius 2 is 1.35 bits per heavy atom. The van der Waals surface area contributed by atoms with Gasteiger partial charge in [0.25, 0.3) is 0 Å². The van der Waals surface area contributed by atoms with Crippen LogP contribution in [0.3, 0.4) is 0 Å².